The summed E-state index contributed by atoms with van der Waals surface area (Å²) >= 11 is 1.57. The van der Waals surface area contributed by atoms with E-state index < -0.39 is 10.0 Å². The van der Waals surface area contributed by atoms with Crippen LogP contribution in [0.3, 0.4) is 0 Å². The molecular weight excluding hydrogens is 346 g/mol. The molecule has 126 valence electrons. The van der Waals surface area contributed by atoms with Gasteiger partial charge in [0, 0.05) is 0 Å². The summed E-state index contributed by atoms with van der Waals surface area (Å²) in [5, 5.41) is 1.96. The highest BCUT2D eigenvalue weighted by Gasteiger charge is 2.20. The summed E-state index contributed by atoms with van der Waals surface area (Å²) in [7, 11) is -2.25. The summed E-state index contributed by atoms with van der Waals surface area (Å²) in [4.78, 5) is 1.12. The molecule has 0 saturated heterocycles. The van der Waals surface area contributed by atoms with Crippen LogP contribution in [0.1, 0.15) is 11.3 Å². The van der Waals surface area contributed by atoms with E-state index >= 15 is 0 Å². The molecule has 0 bridgehead atoms. The molecule has 0 spiro atoms. The first-order valence-electron chi connectivity index (χ1n) is 7.26. The third-order valence-corrected chi connectivity index (χ3v) is 5.78. The Labute approximate surface area is 144 Å². The number of benzene rings is 1. The van der Waals surface area contributed by atoms with Crippen LogP contribution in [-0.4, -0.2) is 15.5 Å². The van der Waals surface area contributed by atoms with Crippen LogP contribution in [0.4, 0.5) is 0 Å². The highest BCUT2D eigenvalue weighted by Crippen LogP contribution is 2.27. The molecule has 7 heteroatoms. The first-order valence-corrected chi connectivity index (χ1v) is 9.63. The van der Waals surface area contributed by atoms with E-state index in [1.807, 2.05) is 30.5 Å². The van der Waals surface area contributed by atoms with Crippen LogP contribution in [0, 0.1) is 6.92 Å². The van der Waals surface area contributed by atoms with Gasteiger partial charge < -0.3 is 9.15 Å². The second kappa shape index (κ2) is 6.80. The Balaban J connectivity index is 1.77. The Hall–Kier alpha value is -2.09. The Morgan fingerprint density at radius 1 is 1.21 bits per heavy atom. The average Bonchev–Trinajstić information content (AvgIpc) is 3.24. The molecule has 1 N–H and O–H groups in total. The average molecular weight is 363 g/mol. The molecule has 0 saturated carbocycles. The minimum absolute atomic E-state index is 0.0742. The molecule has 0 aliphatic carbocycles. The number of sulfonamides is 1. The number of furan rings is 1. The first-order chi connectivity index (χ1) is 11.5. The Bertz CT molecular complexity index is 927. The van der Waals surface area contributed by atoms with E-state index in [0.29, 0.717) is 11.5 Å². The van der Waals surface area contributed by atoms with Gasteiger partial charge in [0.15, 0.2) is 0 Å². The molecular formula is C17H17NO4S2. The summed E-state index contributed by atoms with van der Waals surface area (Å²) in [6.45, 7) is 1.91. The lowest BCUT2D eigenvalue weighted by atomic mass is 10.2. The number of thiophene rings is 1. The van der Waals surface area contributed by atoms with Crippen LogP contribution in [-0.2, 0) is 16.6 Å². The highest BCUT2D eigenvalue weighted by molar-refractivity contribution is 7.89. The van der Waals surface area contributed by atoms with Crippen LogP contribution in [0.15, 0.2) is 57.2 Å². The van der Waals surface area contributed by atoms with Crippen molar-refractivity contribution < 1.29 is 17.6 Å². The summed E-state index contributed by atoms with van der Waals surface area (Å²) in [6, 6.07) is 12.5. The predicted octanol–water partition coefficient (Wildman–Crippen LogP) is 3.80. The van der Waals surface area contributed by atoms with E-state index in [9.17, 15) is 8.42 Å². The molecule has 0 atom stereocenters. The predicted molar refractivity (Wildman–Crippen MR) is 93.8 cm³/mol. The second-order valence-electron chi connectivity index (χ2n) is 5.22. The maximum Gasteiger partial charge on any atom is 0.244 e. The molecule has 3 aromatic rings. The Morgan fingerprint density at radius 2 is 2.04 bits per heavy atom. The molecule has 0 amide bonds. The van der Waals surface area contributed by atoms with Crippen LogP contribution in [0.5, 0.6) is 5.75 Å². The quantitative estimate of drug-likeness (QED) is 0.723. The van der Waals surface area contributed by atoms with Crippen molar-refractivity contribution in [3.63, 3.8) is 0 Å². The van der Waals surface area contributed by atoms with Gasteiger partial charge in [-0.1, -0.05) is 12.1 Å². The first kappa shape index (κ1) is 16.8. The summed E-state index contributed by atoms with van der Waals surface area (Å²) < 4.78 is 38.5. The molecule has 3 rings (SSSR count). The number of hydrogen-bond acceptors (Lipinski definition) is 5. The molecule has 2 aromatic heterocycles. The van der Waals surface area contributed by atoms with Gasteiger partial charge in [0.05, 0.1) is 18.5 Å². The molecule has 0 radical (unpaired) electrons. The summed E-state index contributed by atoms with van der Waals surface area (Å²) in [5.74, 6) is 1.59. The minimum Gasteiger partial charge on any atom is -0.495 e. The monoisotopic (exact) mass is 363 g/mol. The van der Waals surface area contributed by atoms with Crippen molar-refractivity contribution in [2.75, 3.05) is 7.11 Å². The summed E-state index contributed by atoms with van der Waals surface area (Å²) in [5.41, 5.74) is 0.842. The van der Waals surface area contributed by atoms with Crippen molar-refractivity contribution in [1.82, 2.24) is 4.72 Å². The Kier molecular flexibility index (Phi) is 4.75. The molecule has 0 aliphatic rings. The number of rotatable bonds is 6. The largest absolute Gasteiger partial charge is 0.495 e. The lowest BCUT2D eigenvalue weighted by Crippen LogP contribution is -2.23. The molecule has 0 aliphatic heterocycles. The van der Waals surface area contributed by atoms with Crippen molar-refractivity contribution in [3.05, 3.63) is 59.2 Å². The van der Waals surface area contributed by atoms with Gasteiger partial charge in [0.25, 0.3) is 0 Å². The van der Waals surface area contributed by atoms with Crippen molar-refractivity contribution in [3.8, 4) is 16.4 Å². The van der Waals surface area contributed by atoms with Gasteiger partial charge in [0.2, 0.25) is 10.0 Å². The van der Waals surface area contributed by atoms with Crippen LogP contribution < -0.4 is 9.46 Å². The SMILES string of the molecule is COc1ccc(C)cc1S(=O)(=O)NCc1ccc(-c2cccs2)o1. The highest BCUT2D eigenvalue weighted by atomic mass is 32.2. The zero-order valence-corrected chi connectivity index (χ0v) is 14.9. The normalized spacial score (nSPS) is 11.6. The molecule has 0 fully saturated rings. The van der Waals surface area contributed by atoms with E-state index in [1.165, 1.54) is 7.11 Å². The minimum atomic E-state index is -3.70. The topological polar surface area (TPSA) is 68.5 Å². The van der Waals surface area contributed by atoms with Gasteiger partial charge in [-0.15, -0.1) is 11.3 Å². The smallest absolute Gasteiger partial charge is 0.244 e. The van der Waals surface area contributed by atoms with E-state index in [2.05, 4.69) is 4.72 Å². The fourth-order valence-corrected chi connectivity index (χ4v) is 4.19. The number of nitrogens with one attached hydrogen (secondary N) is 1. The van der Waals surface area contributed by atoms with Crippen LogP contribution in [0.25, 0.3) is 10.6 Å². The van der Waals surface area contributed by atoms with E-state index in [0.717, 1.165) is 16.2 Å². The maximum atomic E-state index is 12.5. The van der Waals surface area contributed by atoms with Crippen molar-refractivity contribution in [2.24, 2.45) is 0 Å². The number of hydrogen-bond donors (Lipinski definition) is 1. The molecule has 5 nitrogen and oxygen atoms in total. The molecule has 2 heterocycles. The van der Waals surface area contributed by atoms with Crippen molar-refractivity contribution >= 4 is 21.4 Å². The van der Waals surface area contributed by atoms with Gasteiger partial charge in [-0.2, -0.15) is 0 Å². The Morgan fingerprint density at radius 3 is 2.75 bits per heavy atom. The van der Waals surface area contributed by atoms with Crippen LogP contribution >= 0.6 is 11.3 Å². The third-order valence-electron chi connectivity index (χ3n) is 3.47. The van der Waals surface area contributed by atoms with E-state index in [1.54, 1.807) is 35.6 Å². The lowest BCUT2D eigenvalue weighted by molar-refractivity contribution is 0.402. The summed E-state index contributed by atoms with van der Waals surface area (Å²) in [6.07, 6.45) is 0. The van der Waals surface area contributed by atoms with Gasteiger partial charge in [-0.3, -0.25) is 0 Å². The second-order valence-corrected chi connectivity index (χ2v) is 7.91. The molecule has 0 unspecified atom stereocenters. The molecule has 1 aromatic carbocycles. The number of methoxy groups -OCH3 is 1. The third kappa shape index (κ3) is 3.53. The van der Waals surface area contributed by atoms with Gasteiger partial charge in [-0.25, -0.2) is 13.1 Å². The van der Waals surface area contributed by atoms with Gasteiger partial charge >= 0.3 is 0 Å². The standard InChI is InChI=1S/C17H17NO4S2/c1-12-5-7-15(21-2)17(10-12)24(19,20)18-11-13-6-8-14(22-13)16-4-3-9-23-16/h3-10,18H,11H2,1-2H3. The van der Waals surface area contributed by atoms with E-state index in [-0.39, 0.29) is 11.4 Å². The zero-order chi connectivity index (χ0) is 17.2. The lowest BCUT2D eigenvalue weighted by Gasteiger charge is -2.10. The van der Waals surface area contributed by atoms with Crippen LogP contribution in [0.2, 0.25) is 0 Å². The van der Waals surface area contributed by atoms with Crippen molar-refractivity contribution in [2.45, 2.75) is 18.4 Å². The molecule has 24 heavy (non-hydrogen) atoms. The van der Waals surface area contributed by atoms with Gasteiger partial charge in [-0.05, 0) is 48.2 Å². The zero-order valence-electron chi connectivity index (χ0n) is 13.3. The fraction of sp³-hybridized carbons (Fsp3) is 0.176. The van der Waals surface area contributed by atoms with Gasteiger partial charge in [0.1, 0.15) is 22.2 Å². The van der Waals surface area contributed by atoms with Crippen molar-refractivity contribution in [1.29, 1.82) is 0 Å². The number of aryl methyl sites for hydroxylation is 1. The number of ether oxygens (including phenoxy) is 1. The maximum absolute atomic E-state index is 12.5. The fourth-order valence-electron chi connectivity index (χ4n) is 2.26. The van der Waals surface area contributed by atoms with E-state index in [4.69, 9.17) is 9.15 Å².